The van der Waals surface area contributed by atoms with Crippen LogP contribution in [0.3, 0.4) is 0 Å². The van der Waals surface area contributed by atoms with Crippen molar-refractivity contribution >= 4 is 11.9 Å². The fourth-order valence-corrected chi connectivity index (χ4v) is 2.17. The number of benzene rings is 1. The van der Waals surface area contributed by atoms with Gasteiger partial charge in [-0.1, -0.05) is 37.3 Å². The Morgan fingerprint density at radius 2 is 1.87 bits per heavy atom. The number of aryl methyl sites for hydroxylation is 1. The van der Waals surface area contributed by atoms with Crippen molar-refractivity contribution < 1.29 is 4.79 Å². The third-order valence-electron chi connectivity index (χ3n) is 3.72. The summed E-state index contributed by atoms with van der Waals surface area (Å²) in [6.07, 6.45) is 0.962. The molecule has 1 aromatic heterocycles. The number of carbonyl (C=O) groups is 1. The molecule has 0 spiro atoms. The summed E-state index contributed by atoms with van der Waals surface area (Å²) < 4.78 is 0. The Morgan fingerprint density at radius 3 is 2.52 bits per heavy atom. The molecule has 0 aliphatic heterocycles. The molecular weight excluding hydrogens is 288 g/mol. The highest BCUT2D eigenvalue weighted by molar-refractivity contribution is 5.92. The zero-order valence-corrected chi connectivity index (χ0v) is 14.1. The van der Waals surface area contributed by atoms with Crippen LogP contribution in [-0.4, -0.2) is 21.9 Å². The van der Waals surface area contributed by atoms with E-state index in [0.29, 0.717) is 11.6 Å². The quantitative estimate of drug-likeness (QED) is 0.857. The molecule has 1 amide bonds. The van der Waals surface area contributed by atoms with Crippen molar-refractivity contribution in [2.24, 2.45) is 0 Å². The molecule has 0 radical (unpaired) electrons. The summed E-state index contributed by atoms with van der Waals surface area (Å²) >= 11 is 0. The maximum atomic E-state index is 12.5. The molecule has 0 aliphatic carbocycles. The molecule has 2 rings (SSSR count). The number of amides is 1. The lowest BCUT2D eigenvalue weighted by Gasteiger charge is -2.15. The first-order chi connectivity index (χ1) is 11.0. The van der Waals surface area contributed by atoms with Crippen molar-refractivity contribution in [3.05, 3.63) is 53.3 Å². The Labute approximate surface area is 137 Å². The van der Waals surface area contributed by atoms with E-state index in [0.717, 1.165) is 17.7 Å². The molecule has 122 valence electrons. The van der Waals surface area contributed by atoms with Gasteiger partial charge in [0, 0.05) is 11.7 Å². The molecule has 0 saturated carbocycles. The van der Waals surface area contributed by atoms with Gasteiger partial charge in [-0.3, -0.25) is 4.79 Å². The lowest BCUT2D eigenvalue weighted by atomic mass is 10.1. The van der Waals surface area contributed by atoms with E-state index in [4.69, 9.17) is 0 Å². The zero-order chi connectivity index (χ0) is 16.8. The van der Waals surface area contributed by atoms with Crippen LogP contribution < -0.4 is 10.6 Å². The molecule has 5 nitrogen and oxygen atoms in total. The molecule has 1 aromatic carbocycles. The predicted octanol–water partition coefficient (Wildman–Crippen LogP) is 3.49. The Hall–Kier alpha value is -2.43. The van der Waals surface area contributed by atoms with Crippen molar-refractivity contribution in [3.8, 4) is 0 Å². The van der Waals surface area contributed by atoms with Crippen molar-refractivity contribution in [2.75, 3.05) is 5.32 Å². The number of aromatic nitrogens is 2. The summed E-state index contributed by atoms with van der Waals surface area (Å²) in [4.78, 5) is 21.1. The van der Waals surface area contributed by atoms with E-state index < -0.39 is 0 Å². The SMILES string of the molecule is CCC(C)Nc1nc(C)cc(C(=O)NC(C)c2ccccc2)n1. The largest absolute Gasteiger partial charge is 0.352 e. The topological polar surface area (TPSA) is 66.9 Å². The number of anilines is 1. The number of nitrogens with zero attached hydrogens (tertiary/aromatic N) is 2. The third kappa shape index (κ3) is 4.77. The van der Waals surface area contributed by atoms with Gasteiger partial charge < -0.3 is 10.6 Å². The summed E-state index contributed by atoms with van der Waals surface area (Å²) in [7, 11) is 0. The number of hydrogen-bond donors (Lipinski definition) is 2. The average Bonchev–Trinajstić information content (AvgIpc) is 2.54. The minimum atomic E-state index is -0.195. The van der Waals surface area contributed by atoms with Crippen LogP contribution in [0.2, 0.25) is 0 Å². The molecule has 1 heterocycles. The van der Waals surface area contributed by atoms with E-state index in [1.54, 1.807) is 6.07 Å². The van der Waals surface area contributed by atoms with E-state index in [1.807, 2.05) is 44.2 Å². The number of carbonyl (C=O) groups excluding carboxylic acids is 1. The molecule has 2 unspecified atom stereocenters. The van der Waals surface area contributed by atoms with Crippen molar-refractivity contribution in [1.82, 2.24) is 15.3 Å². The van der Waals surface area contributed by atoms with Gasteiger partial charge in [0.15, 0.2) is 0 Å². The van der Waals surface area contributed by atoms with Gasteiger partial charge in [-0.15, -0.1) is 0 Å². The molecule has 0 aliphatic rings. The molecule has 2 atom stereocenters. The second-order valence-corrected chi connectivity index (χ2v) is 5.78. The zero-order valence-electron chi connectivity index (χ0n) is 14.1. The third-order valence-corrected chi connectivity index (χ3v) is 3.72. The van der Waals surface area contributed by atoms with Gasteiger partial charge in [0.05, 0.1) is 6.04 Å². The van der Waals surface area contributed by atoms with Crippen LogP contribution in [0.15, 0.2) is 36.4 Å². The fourth-order valence-electron chi connectivity index (χ4n) is 2.17. The second kappa shape index (κ2) is 7.72. The smallest absolute Gasteiger partial charge is 0.270 e. The summed E-state index contributed by atoms with van der Waals surface area (Å²) in [5.41, 5.74) is 2.21. The predicted molar refractivity (Wildman–Crippen MR) is 92.5 cm³/mol. The van der Waals surface area contributed by atoms with Crippen LogP contribution >= 0.6 is 0 Å². The number of hydrogen-bond acceptors (Lipinski definition) is 4. The summed E-state index contributed by atoms with van der Waals surface area (Å²) in [5.74, 6) is 0.302. The average molecular weight is 312 g/mol. The first kappa shape index (κ1) is 16.9. The van der Waals surface area contributed by atoms with Crippen LogP contribution in [0.1, 0.15) is 55.0 Å². The highest BCUT2D eigenvalue weighted by Gasteiger charge is 2.14. The summed E-state index contributed by atoms with van der Waals surface area (Å²) in [6, 6.07) is 11.7. The second-order valence-electron chi connectivity index (χ2n) is 5.78. The monoisotopic (exact) mass is 312 g/mol. The normalized spacial score (nSPS) is 13.2. The van der Waals surface area contributed by atoms with E-state index in [9.17, 15) is 4.79 Å². The minimum absolute atomic E-state index is 0.0788. The molecule has 23 heavy (non-hydrogen) atoms. The molecule has 0 fully saturated rings. The minimum Gasteiger partial charge on any atom is -0.352 e. The van der Waals surface area contributed by atoms with Crippen molar-refractivity contribution in [1.29, 1.82) is 0 Å². The van der Waals surface area contributed by atoms with Gasteiger partial charge in [0.2, 0.25) is 5.95 Å². The highest BCUT2D eigenvalue weighted by Crippen LogP contribution is 2.13. The van der Waals surface area contributed by atoms with Gasteiger partial charge in [-0.2, -0.15) is 0 Å². The van der Waals surface area contributed by atoms with Crippen LogP contribution in [0.5, 0.6) is 0 Å². The Bertz CT molecular complexity index is 657. The number of nitrogens with one attached hydrogen (secondary N) is 2. The van der Waals surface area contributed by atoms with E-state index in [-0.39, 0.29) is 18.0 Å². The molecule has 5 heteroatoms. The molecular formula is C18H24N4O. The van der Waals surface area contributed by atoms with Gasteiger partial charge in [-0.05, 0) is 38.8 Å². The number of rotatable bonds is 6. The van der Waals surface area contributed by atoms with Crippen molar-refractivity contribution in [3.63, 3.8) is 0 Å². The van der Waals surface area contributed by atoms with Crippen LogP contribution in [0.25, 0.3) is 0 Å². The molecule has 2 aromatic rings. The first-order valence-electron chi connectivity index (χ1n) is 7.97. The van der Waals surface area contributed by atoms with Crippen LogP contribution in [0.4, 0.5) is 5.95 Å². The van der Waals surface area contributed by atoms with Gasteiger partial charge in [0.25, 0.3) is 5.91 Å². The fraction of sp³-hybridized carbons (Fsp3) is 0.389. The van der Waals surface area contributed by atoms with E-state index in [2.05, 4.69) is 34.4 Å². The van der Waals surface area contributed by atoms with E-state index >= 15 is 0 Å². The highest BCUT2D eigenvalue weighted by atomic mass is 16.1. The summed E-state index contributed by atoms with van der Waals surface area (Å²) in [5, 5.41) is 6.19. The maximum Gasteiger partial charge on any atom is 0.270 e. The van der Waals surface area contributed by atoms with Crippen molar-refractivity contribution in [2.45, 2.75) is 46.2 Å². The van der Waals surface area contributed by atoms with Crippen LogP contribution in [-0.2, 0) is 0 Å². The Morgan fingerprint density at radius 1 is 1.17 bits per heavy atom. The van der Waals surface area contributed by atoms with Crippen LogP contribution in [0, 0.1) is 6.92 Å². The maximum absolute atomic E-state index is 12.5. The van der Waals surface area contributed by atoms with Gasteiger partial charge >= 0.3 is 0 Å². The molecule has 0 bridgehead atoms. The van der Waals surface area contributed by atoms with E-state index in [1.165, 1.54) is 0 Å². The van der Waals surface area contributed by atoms with Gasteiger partial charge in [0.1, 0.15) is 5.69 Å². The Balaban J connectivity index is 2.12. The molecule has 0 saturated heterocycles. The lowest BCUT2D eigenvalue weighted by molar-refractivity contribution is 0.0934. The first-order valence-corrected chi connectivity index (χ1v) is 7.97. The molecule has 2 N–H and O–H groups in total. The lowest BCUT2D eigenvalue weighted by Crippen LogP contribution is -2.28. The summed E-state index contributed by atoms with van der Waals surface area (Å²) in [6.45, 7) is 7.96. The standard InChI is InChI=1S/C18H24N4O/c1-5-12(2)19-18-20-13(3)11-16(22-18)17(23)21-14(4)15-9-7-6-8-10-15/h6-12,14H,5H2,1-4H3,(H,21,23)(H,19,20,22). The Kier molecular flexibility index (Phi) is 5.68. The van der Waals surface area contributed by atoms with Gasteiger partial charge in [-0.25, -0.2) is 9.97 Å².